The van der Waals surface area contributed by atoms with Crippen LogP contribution in [0.2, 0.25) is 0 Å². The normalized spacial score (nSPS) is 21.8. The number of hydrogen-bond donors (Lipinski definition) is 1. The highest BCUT2D eigenvalue weighted by Gasteiger charge is 2.45. The Balaban J connectivity index is 1.72. The van der Waals surface area contributed by atoms with E-state index in [1.54, 1.807) is 6.07 Å². The zero-order valence-electron chi connectivity index (χ0n) is 14.3. The number of benzene rings is 1. The molecule has 1 aromatic carbocycles. The number of anilines is 2. The van der Waals surface area contributed by atoms with E-state index in [4.69, 9.17) is 4.74 Å². The van der Waals surface area contributed by atoms with Gasteiger partial charge >= 0.3 is 6.09 Å². The van der Waals surface area contributed by atoms with E-state index in [9.17, 15) is 18.8 Å². The molecule has 2 heterocycles. The van der Waals surface area contributed by atoms with Crippen LogP contribution in [-0.4, -0.2) is 43.6 Å². The molecule has 2 fully saturated rings. The second kappa shape index (κ2) is 6.02. The van der Waals surface area contributed by atoms with Crippen LogP contribution in [-0.2, 0) is 14.3 Å². The molecule has 2 aliphatic rings. The van der Waals surface area contributed by atoms with Crippen LogP contribution in [0.4, 0.5) is 20.6 Å². The molecule has 1 N–H and O–H groups in total. The number of halogens is 1. The van der Waals surface area contributed by atoms with Gasteiger partial charge in [-0.15, -0.1) is 0 Å². The van der Waals surface area contributed by atoms with Crippen molar-refractivity contribution < 1.29 is 23.5 Å². The number of nitrogens with zero attached hydrogens (tertiary/aromatic N) is 2. The number of β-lactam (4-membered cyclic amide) rings is 1. The Kier molecular flexibility index (Phi) is 4.14. The third-order valence-corrected chi connectivity index (χ3v) is 4.36. The quantitative estimate of drug-likeness (QED) is 0.839. The number of carbonyl (C=O) groups excluding carboxylic acids is 3. The standard InChI is InChI=1S/C17H20FN3O4/c1-10(22)19-7-12-8-20(16(24)25-12)11-4-5-14(13(18)6-11)21-9-17(2,3)15(21)23/h4-6,12H,7-9H2,1-3H3,(H,19,22). The van der Waals surface area contributed by atoms with E-state index >= 15 is 0 Å². The van der Waals surface area contributed by atoms with E-state index in [1.165, 1.54) is 28.9 Å². The Bertz CT molecular complexity index is 749. The Labute approximate surface area is 144 Å². The number of nitrogens with one attached hydrogen (secondary N) is 1. The minimum atomic E-state index is -0.594. The SMILES string of the molecule is CC(=O)NCC1CN(c2ccc(N3CC(C)(C)C3=O)c(F)c2)C(=O)O1. The van der Waals surface area contributed by atoms with E-state index in [0.29, 0.717) is 12.2 Å². The molecular formula is C17H20FN3O4. The number of rotatable bonds is 4. The lowest BCUT2D eigenvalue weighted by atomic mass is 9.82. The molecule has 0 saturated carbocycles. The first-order valence-corrected chi connectivity index (χ1v) is 8.03. The summed E-state index contributed by atoms with van der Waals surface area (Å²) in [5.41, 5.74) is 0.0834. The smallest absolute Gasteiger partial charge is 0.414 e. The first-order valence-electron chi connectivity index (χ1n) is 8.03. The average molecular weight is 349 g/mol. The van der Waals surface area contributed by atoms with Gasteiger partial charge in [0.1, 0.15) is 11.9 Å². The van der Waals surface area contributed by atoms with Crippen LogP contribution in [0.3, 0.4) is 0 Å². The maximum atomic E-state index is 14.4. The highest BCUT2D eigenvalue weighted by Crippen LogP contribution is 2.37. The summed E-state index contributed by atoms with van der Waals surface area (Å²) in [6.07, 6.45) is -1.08. The predicted octanol–water partition coefficient (Wildman–Crippen LogP) is 1.66. The van der Waals surface area contributed by atoms with Gasteiger partial charge in [-0.3, -0.25) is 14.5 Å². The molecule has 0 bridgehead atoms. The van der Waals surface area contributed by atoms with Gasteiger partial charge in [-0.1, -0.05) is 0 Å². The predicted molar refractivity (Wildman–Crippen MR) is 88.8 cm³/mol. The van der Waals surface area contributed by atoms with Crippen molar-refractivity contribution in [2.45, 2.75) is 26.9 Å². The summed E-state index contributed by atoms with van der Waals surface area (Å²) < 4.78 is 19.6. The topological polar surface area (TPSA) is 79.0 Å². The minimum Gasteiger partial charge on any atom is -0.442 e. The van der Waals surface area contributed by atoms with Crippen LogP contribution in [0.5, 0.6) is 0 Å². The number of cyclic esters (lactones) is 1. The van der Waals surface area contributed by atoms with Crippen molar-refractivity contribution in [1.29, 1.82) is 0 Å². The molecule has 1 aromatic rings. The molecule has 7 nitrogen and oxygen atoms in total. The molecule has 0 aliphatic carbocycles. The van der Waals surface area contributed by atoms with Crippen molar-refractivity contribution in [1.82, 2.24) is 5.32 Å². The van der Waals surface area contributed by atoms with Crippen LogP contribution >= 0.6 is 0 Å². The Morgan fingerprint density at radius 1 is 1.36 bits per heavy atom. The summed E-state index contributed by atoms with van der Waals surface area (Å²) in [7, 11) is 0. The van der Waals surface area contributed by atoms with Crippen molar-refractivity contribution in [3.63, 3.8) is 0 Å². The lowest BCUT2D eigenvalue weighted by molar-refractivity contribution is -0.132. The van der Waals surface area contributed by atoms with E-state index in [2.05, 4.69) is 5.32 Å². The van der Waals surface area contributed by atoms with Crippen LogP contribution in [0.1, 0.15) is 20.8 Å². The van der Waals surface area contributed by atoms with Crippen LogP contribution < -0.4 is 15.1 Å². The summed E-state index contributed by atoms with van der Waals surface area (Å²) in [6.45, 7) is 5.87. The summed E-state index contributed by atoms with van der Waals surface area (Å²) in [4.78, 5) is 37.6. The molecule has 0 radical (unpaired) electrons. The first-order chi connectivity index (χ1) is 11.7. The second-order valence-corrected chi connectivity index (χ2v) is 6.96. The molecule has 3 rings (SSSR count). The number of carbonyl (C=O) groups is 3. The zero-order valence-corrected chi connectivity index (χ0v) is 14.3. The second-order valence-electron chi connectivity index (χ2n) is 6.96. The lowest BCUT2D eigenvalue weighted by Gasteiger charge is -2.44. The van der Waals surface area contributed by atoms with Gasteiger partial charge in [0.15, 0.2) is 0 Å². The molecule has 25 heavy (non-hydrogen) atoms. The Hall–Kier alpha value is -2.64. The van der Waals surface area contributed by atoms with Crippen LogP contribution in [0, 0.1) is 11.2 Å². The van der Waals surface area contributed by atoms with Gasteiger partial charge in [0.25, 0.3) is 0 Å². The van der Waals surface area contributed by atoms with Crippen molar-refractivity contribution in [2.75, 3.05) is 29.4 Å². The van der Waals surface area contributed by atoms with Crippen LogP contribution in [0.15, 0.2) is 18.2 Å². The Morgan fingerprint density at radius 2 is 2.08 bits per heavy atom. The molecule has 134 valence electrons. The average Bonchev–Trinajstić information content (AvgIpc) is 2.92. The fourth-order valence-electron chi connectivity index (χ4n) is 2.98. The van der Waals surface area contributed by atoms with E-state index in [-0.39, 0.29) is 30.6 Å². The molecule has 3 amide bonds. The summed E-state index contributed by atoms with van der Waals surface area (Å²) >= 11 is 0. The van der Waals surface area contributed by atoms with Crippen molar-refractivity contribution in [2.24, 2.45) is 5.41 Å². The fraction of sp³-hybridized carbons (Fsp3) is 0.471. The molecule has 2 saturated heterocycles. The van der Waals surface area contributed by atoms with E-state index in [1.807, 2.05) is 13.8 Å². The fourth-order valence-corrected chi connectivity index (χ4v) is 2.98. The molecular weight excluding hydrogens is 329 g/mol. The van der Waals surface area contributed by atoms with Gasteiger partial charge in [0.2, 0.25) is 11.8 Å². The maximum absolute atomic E-state index is 14.4. The van der Waals surface area contributed by atoms with Gasteiger partial charge in [-0.2, -0.15) is 0 Å². The monoisotopic (exact) mass is 349 g/mol. The lowest BCUT2D eigenvalue weighted by Crippen LogP contribution is -2.59. The van der Waals surface area contributed by atoms with Crippen molar-refractivity contribution in [3.8, 4) is 0 Å². The summed E-state index contributed by atoms with van der Waals surface area (Å²) in [5.74, 6) is -0.915. The van der Waals surface area contributed by atoms with Crippen LogP contribution in [0.25, 0.3) is 0 Å². The maximum Gasteiger partial charge on any atom is 0.414 e. The van der Waals surface area contributed by atoms with Gasteiger partial charge in [-0.05, 0) is 32.0 Å². The molecule has 1 atom stereocenters. The minimum absolute atomic E-state index is 0.130. The summed E-state index contributed by atoms with van der Waals surface area (Å²) in [6, 6.07) is 4.29. The third-order valence-electron chi connectivity index (χ3n) is 4.36. The highest BCUT2D eigenvalue weighted by atomic mass is 19.1. The third kappa shape index (κ3) is 3.16. The molecule has 1 unspecified atom stereocenters. The molecule has 0 spiro atoms. The summed E-state index contributed by atoms with van der Waals surface area (Å²) in [5, 5.41) is 2.58. The number of ether oxygens (including phenoxy) is 1. The van der Waals surface area contributed by atoms with Gasteiger partial charge < -0.3 is 15.0 Å². The van der Waals surface area contributed by atoms with Gasteiger partial charge in [0.05, 0.1) is 29.9 Å². The van der Waals surface area contributed by atoms with Crippen molar-refractivity contribution >= 4 is 29.3 Å². The van der Waals surface area contributed by atoms with Gasteiger partial charge in [0, 0.05) is 13.5 Å². The first kappa shape index (κ1) is 17.2. The van der Waals surface area contributed by atoms with E-state index < -0.39 is 23.4 Å². The highest BCUT2D eigenvalue weighted by molar-refractivity contribution is 6.04. The zero-order chi connectivity index (χ0) is 18.4. The number of amides is 3. The largest absolute Gasteiger partial charge is 0.442 e. The van der Waals surface area contributed by atoms with E-state index in [0.717, 1.165) is 0 Å². The Morgan fingerprint density at radius 3 is 2.64 bits per heavy atom. The van der Waals surface area contributed by atoms with Gasteiger partial charge in [-0.25, -0.2) is 9.18 Å². The molecule has 2 aliphatic heterocycles. The number of hydrogen-bond acceptors (Lipinski definition) is 4. The van der Waals surface area contributed by atoms with Crippen molar-refractivity contribution in [3.05, 3.63) is 24.0 Å². The molecule has 8 heteroatoms. The molecule has 0 aromatic heterocycles.